The Morgan fingerprint density at radius 2 is 1.82 bits per heavy atom. The molecule has 0 bridgehead atoms. The molecule has 0 saturated heterocycles. The largest absolute Gasteiger partial charge is 0.325 e. The van der Waals surface area contributed by atoms with E-state index in [9.17, 15) is 4.79 Å². The van der Waals surface area contributed by atoms with Crippen LogP contribution in [0.25, 0.3) is 0 Å². The molecule has 0 spiro atoms. The van der Waals surface area contributed by atoms with Crippen LogP contribution in [0.1, 0.15) is 11.1 Å². The van der Waals surface area contributed by atoms with E-state index in [0.29, 0.717) is 26.6 Å². The van der Waals surface area contributed by atoms with Crippen molar-refractivity contribution in [1.29, 1.82) is 0 Å². The van der Waals surface area contributed by atoms with Crippen LogP contribution in [0.15, 0.2) is 36.4 Å². The number of carbonyl (C=O) groups excluding carboxylic acids is 1. The molecule has 0 fully saturated rings. The fraction of sp³-hybridized carbons (Fsp3) is 0.188. The Balaban J connectivity index is 1.88. The Labute approximate surface area is 149 Å². The van der Waals surface area contributed by atoms with Gasteiger partial charge in [0.05, 0.1) is 5.75 Å². The van der Waals surface area contributed by atoms with E-state index in [0.717, 1.165) is 16.8 Å². The minimum Gasteiger partial charge on any atom is -0.325 e. The average molecular weight is 375 g/mol. The molecule has 116 valence electrons. The quantitative estimate of drug-likeness (QED) is 0.713. The first-order chi connectivity index (χ1) is 10.5. The predicted molar refractivity (Wildman–Crippen MR) is 97.4 cm³/mol. The van der Waals surface area contributed by atoms with Gasteiger partial charge in [0.2, 0.25) is 5.91 Å². The second-order valence-corrected chi connectivity index (χ2v) is 6.94. The highest BCUT2D eigenvalue weighted by Gasteiger charge is 2.09. The molecule has 0 saturated carbocycles. The topological polar surface area (TPSA) is 29.1 Å². The summed E-state index contributed by atoms with van der Waals surface area (Å²) in [7, 11) is 0. The maximum atomic E-state index is 12.0. The summed E-state index contributed by atoms with van der Waals surface area (Å²) in [6.07, 6.45) is 0. The van der Waals surface area contributed by atoms with Gasteiger partial charge in [-0.15, -0.1) is 11.8 Å². The highest BCUT2D eigenvalue weighted by atomic mass is 35.5. The summed E-state index contributed by atoms with van der Waals surface area (Å²) in [4.78, 5) is 12.0. The number of benzene rings is 2. The normalized spacial score (nSPS) is 10.5. The third-order valence-corrected chi connectivity index (χ3v) is 4.91. The van der Waals surface area contributed by atoms with Crippen molar-refractivity contribution in [3.63, 3.8) is 0 Å². The standard InChI is InChI=1S/C16H14Cl3NOS/c1-10-7-11(17)5-6-15(10)20-16(21)9-22-8-12-13(18)3-2-4-14(12)19/h2-7H,8-9H2,1H3,(H,20,21). The summed E-state index contributed by atoms with van der Waals surface area (Å²) in [5.41, 5.74) is 2.55. The van der Waals surface area contributed by atoms with Crippen molar-refractivity contribution in [1.82, 2.24) is 0 Å². The fourth-order valence-electron chi connectivity index (χ4n) is 1.87. The van der Waals surface area contributed by atoms with Crippen molar-refractivity contribution in [2.75, 3.05) is 11.1 Å². The zero-order valence-electron chi connectivity index (χ0n) is 11.8. The van der Waals surface area contributed by atoms with Crippen LogP contribution >= 0.6 is 46.6 Å². The first-order valence-electron chi connectivity index (χ1n) is 6.54. The maximum Gasteiger partial charge on any atom is 0.234 e. The Morgan fingerprint density at radius 1 is 1.14 bits per heavy atom. The van der Waals surface area contributed by atoms with Gasteiger partial charge in [-0.05, 0) is 48.4 Å². The van der Waals surface area contributed by atoms with E-state index in [1.165, 1.54) is 11.8 Å². The van der Waals surface area contributed by atoms with Crippen molar-refractivity contribution in [3.8, 4) is 0 Å². The van der Waals surface area contributed by atoms with Gasteiger partial charge in [0.25, 0.3) is 0 Å². The molecule has 2 nitrogen and oxygen atoms in total. The van der Waals surface area contributed by atoms with Crippen molar-refractivity contribution in [2.45, 2.75) is 12.7 Å². The van der Waals surface area contributed by atoms with Crippen LogP contribution in [0.3, 0.4) is 0 Å². The number of aryl methyl sites for hydroxylation is 1. The second kappa shape index (κ2) is 8.11. The Kier molecular flexibility index (Phi) is 6.45. The van der Waals surface area contributed by atoms with Gasteiger partial charge >= 0.3 is 0 Å². The lowest BCUT2D eigenvalue weighted by Crippen LogP contribution is -2.15. The summed E-state index contributed by atoms with van der Waals surface area (Å²) in [6, 6.07) is 10.7. The zero-order chi connectivity index (χ0) is 16.1. The third kappa shape index (κ3) is 4.82. The van der Waals surface area contributed by atoms with Crippen LogP contribution in [0.4, 0.5) is 5.69 Å². The number of amides is 1. The smallest absolute Gasteiger partial charge is 0.234 e. The summed E-state index contributed by atoms with van der Waals surface area (Å²) >= 11 is 19.6. The van der Waals surface area contributed by atoms with Crippen molar-refractivity contribution >= 4 is 58.2 Å². The second-order valence-electron chi connectivity index (χ2n) is 4.70. The number of hydrogen-bond donors (Lipinski definition) is 1. The van der Waals surface area contributed by atoms with E-state index >= 15 is 0 Å². The predicted octanol–water partition coefficient (Wildman–Crippen LogP) is 5.83. The van der Waals surface area contributed by atoms with Crippen LogP contribution in [0.2, 0.25) is 15.1 Å². The number of halogens is 3. The molecule has 0 heterocycles. The summed E-state index contributed by atoms with van der Waals surface area (Å²) in [5, 5.41) is 4.76. The van der Waals surface area contributed by atoms with Gasteiger partial charge in [0.15, 0.2) is 0 Å². The summed E-state index contributed by atoms with van der Waals surface area (Å²) < 4.78 is 0. The number of carbonyl (C=O) groups is 1. The molecule has 1 amide bonds. The minimum atomic E-state index is -0.0707. The highest BCUT2D eigenvalue weighted by molar-refractivity contribution is 7.99. The minimum absolute atomic E-state index is 0.0707. The molecular formula is C16H14Cl3NOS. The molecule has 0 aliphatic rings. The lowest BCUT2D eigenvalue weighted by atomic mass is 10.2. The molecule has 0 radical (unpaired) electrons. The molecule has 2 rings (SSSR count). The Bertz CT molecular complexity index is 671. The molecule has 6 heteroatoms. The molecule has 0 aliphatic heterocycles. The maximum absolute atomic E-state index is 12.0. The summed E-state index contributed by atoms with van der Waals surface area (Å²) in [5.74, 6) is 0.841. The van der Waals surface area contributed by atoms with Crippen molar-refractivity contribution < 1.29 is 4.79 Å². The molecule has 2 aromatic rings. The fourth-order valence-corrected chi connectivity index (χ4v) is 3.66. The van der Waals surface area contributed by atoms with E-state index in [2.05, 4.69) is 5.32 Å². The van der Waals surface area contributed by atoms with Crippen LogP contribution < -0.4 is 5.32 Å². The van der Waals surface area contributed by atoms with Gasteiger partial charge in [0, 0.05) is 26.5 Å². The van der Waals surface area contributed by atoms with Gasteiger partial charge < -0.3 is 5.32 Å². The van der Waals surface area contributed by atoms with Crippen LogP contribution in [0, 0.1) is 6.92 Å². The molecule has 0 aliphatic carbocycles. The van der Waals surface area contributed by atoms with E-state index < -0.39 is 0 Å². The van der Waals surface area contributed by atoms with Crippen LogP contribution in [0.5, 0.6) is 0 Å². The Morgan fingerprint density at radius 3 is 2.45 bits per heavy atom. The zero-order valence-corrected chi connectivity index (χ0v) is 14.9. The molecule has 0 unspecified atom stereocenters. The molecule has 1 N–H and O–H groups in total. The molecule has 22 heavy (non-hydrogen) atoms. The van der Waals surface area contributed by atoms with E-state index in [-0.39, 0.29) is 5.91 Å². The van der Waals surface area contributed by atoms with Crippen LogP contribution in [-0.2, 0) is 10.5 Å². The first-order valence-corrected chi connectivity index (χ1v) is 8.83. The third-order valence-electron chi connectivity index (χ3n) is 3.00. The highest BCUT2D eigenvalue weighted by Crippen LogP contribution is 2.28. The number of rotatable bonds is 5. The van der Waals surface area contributed by atoms with Gasteiger partial charge in [-0.1, -0.05) is 40.9 Å². The lowest BCUT2D eigenvalue weighted by molar-refractivity contribution is -0.113. The van der Waals surface area contributed by atoms with Crippen LogP contribution in [-0.4, -0.2) is 11.7 Å². The monoisotopic (exact) mass is 373 g/mol. The lowest BCUT2D eigenvalue weighted by Gasteiger charge is -2.09. The molecule has 2 aromatic carbocycles. The molecule has 0 aromatic heterocycles. The van der Waals surface area contributed by atoms with E-state index in [1.54, 1.807) is 30.3 Å². The van der Waals surface area contributed by atoms with E-state index in [1.807, 2.05) is 13.0 Å². The number of hydrogen-bond acceptors (Lipinski definition) is 2. The SMILES string of the molecule is Cc1cc(Cl)ccc1NC(=O)CSCc1c(Cl)cccc1Cl. The van der Waals surface area contributed by atoms with Crippen molar-refractivity contribution in [2.24, 2.45) is 0 Å². The average Bonchev–Trinajstić information content (AvgIpc) is 2.45. The van der Waals surface area contributed by atoms with Gasteiger partial charge in [0.1, 0.15) is 0 Å². The number of nitrogens with one attached hydrogen (secondary N) is 1. The number of anilines is 1. The van der Waals surface area contributed by atoms with Gasteiger partial charge in [-0.3, -0.25) is 4.79 Å². The number of thioether (sulfide) groups is 1. The summed E-state index contributed by atoms with van der Waals surface area (Å²) in [6.45, 7) is 1.90. The van der Waals surface area contributed by atoms with E-state index in [4.69, 9.17) is 34.8 Å². The van der Waals surface area contributed by atoms with Gasteiger partial charge in [-0.25, -0.2) is 0 Å². The Hall–Kier alpha value is -0.870. The molecular weight excluding hydrogens is 361 g/mol. The molecule has 0 atom stereocenters. The van der Waals surface area contributed by atoms with Crippen molar-refractivity contribution in [3.05, 3.63) is 62.6 Å². The van der Waals surface area contributed by atoms with Gasteiger partial charge in [-0.2, -0.15) is 0 Å². The first kappa shape index (κ1) is 17.5.